The first kappa shape index (κ1) is 13.5. The maximum absolute atomic E-state index is 11.2. The van der Waals surface area contributed by atoms with Crippen LogP contribution in [0.5, 0.6) is 0 Å². The second-order valence-electron chi connectivity index (χ2n) is 5.51. The minimum absolute atomic E-state index is 0.185. The molecular formula is C14H21NO2S. The van der Waals surface area contributed by atoms with Crippen molar-refractivity contribution < 1.29 is 9.90 Å². The van der Waals surface area contributed by atoms with Gasteiger partial charge in [-0.2, -0.15) is 0 Å². The number of carbonyl (C=O) groups is 1. The highest BCUT2D eigenvalue weighted by atomic mass is 32.1. The normalized spacial score (nSPS) is 23.8. The minimum Gasteiger partial charge on any atom is -0.477 e. The number of rotatable bonds is 4. The first-order valence-electron chi connectivity index (χ1n) is 6.76. The van der Waals surface area contributed by atoms with E-state index in [-0.39, 0.29) is 5.92 Å². The standard InChI is InChI=1S/C14H21NO2S/c1-4-9-5-6-10(7-9)13-15-11(8(2)3)12(18-13)14(16)17/h8-10H,4-7H2,1-3H3,(H,16,17). The summed E-state index contributed by atoms with van der Waals surface area (Å²) in [7, 11) is 0. The largest absolute Gasteiger partial charge is 0.477 e. The zero-order valence-corrected chi connectivity index (χ0v) is 12.1. The molecule has 2 rings (SSSR count). The number of aromatic carboxylic acids is 1. The fourth-order valence-electron chi connectivity index (χ4n) is 2.74. The molecule has 0 spiro atoms. The Morgan fingerprint density at radius 1 is 1.50 bits per heavy atom. The van der Waals surface area contributed by atoms with Gasteiger partial charge in [0.25, 0.3) is 0 Å². The van der Waals surface area contributed by atoms with E-state index in [1.54, 1.807) is 0 Å². The van der Waals surface area contributed by atoms with E-state index < -0.39 is 5.97 Å². The summed E-state index contributed by atoms with van der Waals surface area (Å²) in [6, 6.07) is 0. The van der Waals surface area contributed by atoms with E-state index in [9.17, 15) is 9.90 Å². The van der Waals surface area contributed by atoms with Gasteiger partial charge in [0.15, 0.2) is 0 Å². The average Bonchev–Trinajstić information content (AvgIpc) is 2.95. The van der Waals surface area contributed by atoms with Gasteiger partial charge in [-0.25, -0.2) is 9.78 Å². The summed E-state index contributed by atoms with van der Waals surface area (Å²) >= 11 is 1.40. The van der Waals surface area contributed by atoms with Crippen LogP contribution in [0.4, 0.5) is 0 Å². The van der Waals surface area contributed by atoms with Crippen molar-refractivity contribution >= 4 is 17.3 Å². The van der Waals surface area contributed by atoms with Crippen LogP contribution in [0, 0.1) is 5.92 Å². The molecule has 1 aliphatic rings. The number of hydrogen-bond donors (Lipinski definition) is 1. The van der Waals surface area contributed by atoms with E-state index in [1.165, 1.54) is 37.0 Å². The third-order valence-electron chi connectivity index (χ3n) is 3.88. The number of carboxylic acids is 1. The molecule has 0 bridgehead atoms. The Morgan fingerprint density at radius 2 is 2.22 bits per heavy atom. The predicted molar refractivity (Wildman–Crippen MR) is 73.5 cm³/mol. The second kappa shape index (κ2) is 5.39. The van der Waals surface area contributed by atoms with Gasteiger partial charge in [0.05, 0.1) is 10.7 Å². The van der Waals surface area contributed by atoms with E-state index in [0.29, 0.717) is 10.8 Å². The molecule has 0 amide bonds. The molecule has 3 nitrogen and oxygen atoms in total. The van der Waals surface area contributed by atoms with E-state index in [4.69, 9.17) is 0 Å². The van der Waals surface area contributed by atoms with Crippen LogP contribution in [0.3, 0.4) is 0 Å². The van der Waals surface area contributed by atoms with Crippen molar-refractivity contribution in [1.82, 2.24) is 4.98 Å². The molecule has 0 saturated heterocycles. The van der Waals surface area contributed by atoms with Crippen molar-refractivity contribution in [3.63, 3.8) is 0 Å². The van der Waals surface area contributed by atoms with Crippen molar-refractivity contribution in [3.8, 4) is 0 Å². The Kier molecular flexibility index (Phi) is 4.05. The van der Waals surface area contributed by atoms with E-state index >= 15 is 0 Å². The van der Waals surface area contributed by atoms with Crippen LogP contribution < -0.4 is 0 Å². The molecule has 100 valence electrons. The second-order valence-corrected chi connectivity index (χ2v) is 6.54. The molecule has 1 aromatic rings. The highest BCUT2D eigenvalue weighted by Crippen LogP contribution is 2.42. The Labute approximate surface area is 112 Å². The molecule has 1 aromatic heterocycles. The monoisotopic (exact) mass is 267 g/mol. The zero-order valence-electron chi connectivity index (χ0n) is 11.3. The first-order valence-corrected chi connectivity index (χ1v) is 7.58. The van der Waals surface area contributed by atoms with Gasteiger partial charge in [0.1, 0.15) is 4.88 Å². The molecule has 4 heteroatoms. The van der Waals surface area contributed by atoms with Crippen LogP contribution in [-0.2, 0) is 0 Å². The Hall–Kier alpha value is -0.900. The third kappa shape index (κ3) is 2.58. The van der Waals surface area contributed by atoms with Gasteiger partial charge in [0.2, 0.25) is 0 Å². The van der Waals surface area contributed by atoms with Crippen molar-refractivity contribution in [2.24, 2.45) is 5.92 Å². The molecule has 2 unspecified atom stereocenters. The summed E-state index contributed by atoms with van der Waals surface area (Å²) in [4.78, 5) is 16.3. The topological polar surface area (TPSA) is 50.2 Å². The van der Waals surface area contributed by atoms with E-state index in [2.05, 4.69) is 11.9 Å². The Bertz CT molecular complexity index is 439. The van der Waals surface area contributed by atoms with E-state index in [1.807, 2.05) is 13.8 Å². The lowest BCUT2D eigenvalue weighted by molar-refractivity contribution is 0.0700. The third-order valence-corrected chi connectivity index (χ3v) is 5.10. The van der Waals surface area contributed by atoms with Gasteiger partial charge < -0.3 is 5.11 Å². The van der Waals surface area contributed by atoms with Gasteiger partial charge in [-0.15, -0.1) is 11.3 Å². The van der Waals surface area contributed by atoms with E-state index in [0.717, 1.165) is 16.6 Å². The predicted octanol–water partition coefficient (Wildman–Crippen LogP) is 4.26. The summed E-state index contributed by atoms with van der Waals surface area (Å²) in [5.74, 6) is 0.650. The molecule has 2 atom stereocenters. The molecule has 1 saturated carbocycles. The number of carboxylic acid groups (broad SMARTS) is 1. The van der Waals surface area contributed by atoms with Crippen LogP contribution in [0.2, 0.25) is 0 Å². The number of hydrogen-bond acceptors (Lipinski definition) is 3. The maximum atomic E-state index is 11.2. The number of nitrogens with zero attached hydrogens (tertiary/aromatic N) is 1. The molecule has 0 aromatic carbocycles. The average molecular weight is 267 g/mol. The van der Waals surface area contributed by atoms with Gasteiger partial charge in [-0.1, -0.05) is 27.2 Å². The highest BCUT2D eigenvalue weighted by Gasteiger charge is 2.29. The van der Waals surface area contributed by atoms with Gasteiger partial charge >= 0.3 is 5.97 Å². The molecule has 1 heterocycles. The molecule has 1 fully saturated rings. The Morgan fingerprint density at radius 3 is 2.67 bits per heavy atom. The van der Waals surface area contributed by atoms with Crippen LogP contribution in [0.1, 0.15) is 78.7 Å². The molecule has 0 aliphatic heterocycles. The van der Waals surface area contributed by atoms with Crippen LogP contribution >= 0.6 is 11.3 Å². The fraction of sp³-hybridized carbons (Fsp3) is 0.714. The minimum atomic E-state index is -0.826. The molecule has 1 aliphatic carbocycles. The maximum Gasteiger partial charge on any atom is 0.347 e. The smallest absolute Gasteiger partial charge is 0.347 e. The van der Waals surface area contributed by atoms with Crippen molar-refractivity contribution in [2.45, 2.75) is 58.3 Å². The quantitative estimate of drug-likeness (QED) is 0.886. The molecule has 18 heavy (non-hydrogen) atoms. The lowest BCUT2D eigenvalue weighted by Crippen LogP contribution is -2.00. The van der Waals surface area contributed by atoms with Crippen LogP contribution in [0.15, 0.2) is 0 Å². The fourth-order valence-corrected chi connectivity index (χ4v) is 3.95. The highest BCUT2D eigenvalue weighted by molar-refractivity contribution is 7.13. The lowest BCUT2D eigenvalue weighted by atomic mass is 10.0. The summed E-state index contributed by atoms with van der Waals surface area (Å²) < 4.78 is 0. The van der Waals surface area contributed by atoms with Gasteiger partial charge in [0, 0.05) is 5.92 Å². The van der Waals surface area contributed by atoms with Crippen LogP contribution in [0.25, 0.3) is 0 Å². The molecular weight excluding hydrogens is 246 g/mol. The zero-order chi connectivity index (χ0) is 13.3. The van der Waals surface area contributed by atoms with Crippen molar-refractivity contribution in [2.75, 3.05) is 0 Å². The number of thiazole rings is 1. The van der Waals surface area contributed by atoms with Crippen molar-refractivity contribution in [3.05, 3.63) is 15.6 Å². The van der Waals surface area contributed by atoms with Crippen molar-refractivity contribution in [1.29, 1.82) is 0 Å². The number of aromatic nitrogens is 1. The summed E-state index contributed by atoms with van der Waals surface area (Å²) in [6.45, 7) is 6.25. The summed E-state index contributed by atoms with van der Waals surface area (Å²) in [5, 5.41) is 10.3. The first-order chi connectivity index (χ1) is 8.52. The molecule has 0 radical (unpaired) electrons. The molecule has 1 N–H and O–H groups in total. The summed E-state index contributed by atoms with van der Waals surface area (Å²) in [6.07, 6.45) is 4.84. The SMILES string of the molecule is CCC1CCC(c2nc(C(C)C)c(C(=O)O)s2)C1. The summed E-state index contributed by atoms with van der Waals surface area (Å²) in [5.41, 5.74) is 0.766. The van der Waals surface area contributed by atoms with Gasteiger partial charge in [-0.3, -0.25) is 0 Å². The Balaban J connectivity index is 2.24. The lowest BCUT2D eigenvalue weighted by Gasteiger charge is -2.06. The van der Waals surface area contributed by atoms with Gasteiger partial charge in [-0.05, 0) is 31.1 Å². The van der Waals surface area contributed by atoms with Crippen LogP contribution in [-0.4, -0.2) is 16.1 Å².